The number of nitriles is 1. The van der Waals surface area contributed by atoms with Crippen LogP contribution in [0.1, 0.15) is 0 Å². The highest BCUT2D eigenvalue weighted by Crippen LogP contribution is 1.63. The van der Waals surface area contributed by atoms with Gasteiger partial charge in [0.2, 0.25) is 0 Å². The van der Waals surface area contributed by atoms with Crippen molar-refractivity contribution in [2.24, 2.45) is 0 Å². The van der Waals surface area contributed by atoms with Gasteiger partial charge in [0, 0.05) is 0 Å². The Balaban J connectivity index is 3.26. The predicted octanol–water partition coefficient (Wildman–Crippen LogP) is 1.06. The number of allylic oxidation sites excluding steroid dienone is 3. The molecule has 0 N–H and O–H groups in total. The molecule has 1 radical (unpaired) electrons. The Kier molecular flexibility index (Phi) is 3.29. The summed E-state index contributed by atoms with van der Waals surface area (Å²) < 4.78 is 0. The minimum atomic E-state index is 1.46. The van der Waals surface area contributed by atoms with Crippen LogP contribution in [0.3, 0.4) is 0 Å². The second-order valence-electron chi connectivity index (χ2n) is 0.659. The van der Waals surface area contributed by atoms with E-state index in [0.717, 1.165) is 0 Å². The van der Waals surface area contributed by atoms with Crippen LogP contribution < -0.4 is 0 Å². The van der Waals surface area contributed by atoms with Gasteiger partial charge >= 0.3 is 0 Å². The van der Waals surface area contributed by atoms with E-state index in [-0.39, 0.29) is 0 Å². The molecule has 0 amide bonds. The molecule has 1 nitrogen and oxygen atoms in total. The molecule has 0 heterocycles. The number of hydrogen-bond acceptors (Lipinski definition) is 1. The molecule has 6 heavy (non-hydrogen) atoms. The van der Waals surface area contributed by atoms with Crippen molar-refractivity contribution in [3.05, 3.63) is 24.8 Å². The van der Waals surface area contributed by atoms with Gasteiger partial charge in [0.05, 0.1) is 6.08 Å². The van der Waals surface area contributed by atoms with Crippen LogP contribution >= 0.6 is 0 Å². The van der Waals surface area contributed by atoms with E-state index in [9.17, 15) is 0 Å². The summed E-state index contributed by atoms with van der Waals surface area (Å²) in [6.45, 7) is 3.33. The molecule has 0 unspecified atom stereocenters. The molecule has 0 saturated heterocycles. The Morgan fingerprint density at radius 2 is 2.33 bits per heavy atom. The molecule has 29 valence electrons. The highest BCUT2D eigenvalue weighted by Gasteiger charge is 1.52. The third-order valence-electron chi connectivity index (χ3n) is 0.266. The van der Waals surface area contributed by atoms with Crippen LogP contribution in [0.4, 0.5) is 0 Å². The second-order valence-corrected chi connectivity index (χ2v) is 0.659. The average Bonchev–Trinajstić information content (AvgIpc) is 1.61. The lowest BCUT2D eigenvalue weighted by Gasteiger charge is -1.52. The molecule has 0 aliphatic carbocycles. The summed E-state index contributed by atoms with van der Waals surface area (Å²) in [5.41, 5.74) is 0. The van der Waals surface area contributed by atoms with Gasteiger partial charge in [0.15, 0.2) is 0 Å². The molecule has 0 aliphatic rings. The lowest BCUT2D eigenvalue weighted by molar-refractivity contribution is 1.52. The molecule has 0 rings (SSSR count). The predicted molar refractivity (Wildman–Crippen MR) is 23.6 cm³/mol. The van der Waals surface area contributed by atoms with E-state index in [1.54, 1.807) is 6.07 Å². The van der Waals surface area contributed by atoms with E-state index in [0.29, 0.717) is 0 Å². The van der Waals surface area contributed by atoms with Crippen LogP contribution in [-0.4, -0.2) is 0 Å². The van der Waals surface area contributed by atoms with Crippen molar-refractivity contribution in [2.45, 2.75) is 0 Å². The highest BCUT2D eigenvalue weighted by atomic mass is 14.2. The Bertz CT molecular complexity index is 95.0. The highest BCUT2D eigenvalue weighted by molar-refractivity contribution is 5.01. The van der Waals surface area contributed by atoms with Gasteiger partial charge in [-0.15, -0.1) is 0 Å². The van der Waals surface area contributed by atoms with Crippen molar-refractivity contribution in [2.75, 3.05) is 0 Å². The Morgan fingerprint density at radius 1 is 1.67 bits per heavy atom. The molecule has 0 aromatic rings. The summed E-state index contributed by atoms with van der Waals surface area (Å²) in [5.74, 6) is 0. The van der Waals surface area contributed by atoms with Crippen LogP contribution in [0.15, 0.2) is 18.7 Å². The summed E-state index contributed by atoms with van der Waals surface area (Å²) in [6, 6.07) is 1.69. The zero-order chi connectivity index (χ0) is 4.83. The normalized spacial score (nSPS) is 7.83. The third kappa shape index (κ3) is 2.97. The van der Waals surface area contributed by atoms with Crippen molar-refractivity contribution >= 4 is 0 Å². The molecule has 0 aromatic carbocycles. The maximum Gasteiger partial charge on any atom is 0.101 e. The first-order valence-electron chi connectivity index (χ1n) is 1.50. The Labute approximate surface area is 37.2 Å². The molecule has 1 heteroatoms. The summed E-state index contributed by atoms with van der Waals surface area (Å²) >= 11 is 0. The zero-order valence-electron chi connectivity index (χ0n) is 3.31. The lowest BCUT2D eigenvalue weighted by Crippen LogP contribution is -1.41. The fourth-order valence-electron chi connectivity index (χ4n) is 0.0962. The topological polar surface area (TPSA) is 23.8 Å². The number of rotatable bonds is 1. The smallest absolute Gasteiger partial charge is 0.101 e. The van der Waals surface area contributed by atoms with Gasteiger partial charge in [-0.2, -0.15) is 5.26 Å². The monoisotopic (exact) mass is 78.0 g/mol. The van der Waals surface area contributed by atoms with Crippen molar-refractivity contribution in [3.8, 4) is 6.07 Å². The van der Waals surface area contributed by atoms with Gasteiger partial charge in [-0.3, -0.25) is 0 Å². The molecular weight excluding hydrogens is 74.1 g/mol. The van der Waals surface area contributed by atoms with E-state index in [1.807, 2.05) is 0 Å². The standard InChI is InChI=1S/C5H4N/c1-2-3-4-5-6/h2-3H,1H2. The SMILES string of the molecule is C=CC=[C]C#N. The molecular formula is C5H4N. The first-order chi connectivity index (χ1) is 2.91. The molecule has 0 aromatic heterocycles. The maximum absolute atomic E-state index is 7.76. The van der Waals surface area contributed by atoms with E-state index < -0.39 is 0 Å². The number of nitrogens with zero attached hydrogens (tertiary/aromatic N) is 1. The number of hydrogen-bond donors (Lipinski definition) is 0. The van der Waals surface area contributed by atoms with Crippen molar-refractivity contribution in [3.63, 3.8) is 0 Å². The van der Waals surface area contributed by atoms with Crippen LogP contribution in [0.5, 0.6) is 0 Å². The zero-order valence-corrected chi connectivity index (χ0v) is 3.31. The van der Waals surface area contributed by atoms with Gasteiger partial charge < -0.3 is 0 Å². The average molecular weight is 78.1 g/mol. The van der Waals surface area contributed by atoms with E-state index in [4.69, 9.17) is 5.26 Å². The first kappa shape index (κ1) is 4.97. The summed E-state index contributed by atoms with van der Waals surface area (Å²) in [4.78, 5) is 0. The van der Waals surface area contributed by atoms with Crippen molar-refractivity contribution in [1.82, 2.24) is 0 Å². The van der Waals surface area contributed by atoms with Crippen LogP contribution in [0.25, 0.3) is 0 Å². The lowest BCUT2D eigenvalue weighted by atomic mass is 10.5. The first-order valence-corrected chi connectivity index (χ1v) is 1.50. The molecule has 0 atom stereocenters. The Hall–Kier alpha value is -1.03. The van der Waals surface area contributed by atoms with Crippen LogP contribution in [0.2, 0.25) is 0 Å². The fraction of sp³-hybridized carbons (Fsp3) is 0. The third-order valence-corrected chi connectivity index (χ3v) is 0.266. The summed E-state index contributed by atoms with van der Waals surface area (Å²) in [6.07, 6.45) is 5.22. The van der Waals surface area contributed by atoms with Gasteiger partial charge in [0.25, 0.3) is 0 Å². The molecule has 0 saturated carbocycles. The minimum Gasteiger partial charge on any atom is -0.192 e. The van der Waals surface area contributed by atoms with Gasteiger partial charge in [0.1, 0.15) is 6.07 Å². The Morgan fingerprint density at radius 3 is 2.50 bits per heavy atom. The van der Waals surface area contributed by atoms with Crippen LogP contribution in [-0.2, 0) is 0 Å². The summed E-state index contributed by atoms with van der Waals surface area (Å²) in [7, 11) is 0. The van der Waals surface area contributed by atoms with Gasteiger partial charge in [-0.1, -0.05) is 12.7 Å². The fourth-order valence-corrected chi connectivity index (χ4v) is 0.0962. The van der Waals surface area contributed by atoms with Gasteiger partial charge in [-0.05, 0) is 6.08 Å². The van der Waals surface area contributed by atoms with E-state index in [1.165, 1.54) is 12.2 Å². The molecule has 0 aliphatic heterocycles. The maximum atomic E-state index is 7.76. The molecule has 0 spiro atoms. The largest absolute Gasteiger partial charge is 0.192 e. The minimum absolute atomic E-state index is 1.46. The van der Waals surface area contributed by atoms with E-state index >= 15 is 0 Å². The quantitative estimate of drug-likeness (QED) is 0.340. The van der Waals surface area contributed by atoms with E-state index in [2.05, 4.69) is 12.7 Å². The van der Waals surface area contributed by atoms with Crippen molar-refractivity contribution < 1.29 is 0 Å². The van der Waals surface area contributed by atoms with Crippen molar-refractivity contribution in [1.29, 1.82) is 5.26 Å². The summed E-state index contributed by atoms with van der Waals surface area (Å²) in [5, 5.41) is 7.76. The van der Waals surface area contributed by atoms with Gasteiger partial charge in [-0.25, -0.2) is 0 Å². The molecule has 0 bridgehead atoms. The second kappa shape index (κ2) is 3.97. The molecule has 0 fully saturated rings. The van der Waals surface area contributed by atoms with Crippen LogP contribution in [0, 0.1) is 17.4 Å².